The number of nitrogens with zero attached hydrogens (tertiary/aromatic N) is 1. The Bertz CT molecular complexity index is 1050. The van der Waals surface area contributed by atoms with E-state index in [0.717, 1.165) is 27.6 Å². The van der Waals surface area contributed by atoms with Crippen molar-refractivity contribution in [3.63, 3.8) is 0 Å². The van der Waals surface area contributed by atoms with Gasteiger partial charge in [-0.15, -0.1) is 11.3 Å². The Labute approximate surface area is 186 Å². The molecule has 31 heavy (non-hydrogen) atoms. The second kappa shape index (κ2) is 10.4. The van der Waals surface area contributed by atoms with Crippen molar-refractivity contribution in [2.24, 2.45) is 11.7 Å². The highest BCUT2D eigenvalue weighted by atomic mass is 32.1. The number of fused-ring (bicyclic) bond motifs is 1. The fourth-order valence-electron chi connectivity index (χ4n) is 3.38. The van der Waals surface area contributed by atoms with Crippen molar-refractivity contribution >= 4 is 39.1 Å². The summed E-state index contributed by atoms with van der Waals surface area (Å²) in [5.74, 6) is -0.581. The molecule has 8 heteroatoms. The van der Waals surface area contributed by atoms with E-state index in [1.807, 2.05) is 56.3 Å². The molecule has 7 nitrogen and oxygen atoms in total. The summed E-state index contributed by atoms with van der Waals surface area (Å²) >= 11 is 1.32. The second-order valence-electron chi connectivity index (χ2n) is 7.70. The van der Waals surface area contributed by atoms with Crippen LogP contribution in [0.25, 0.3) is 10.8 Å². The lowest BCUT2D eigenvalue weighted by atomic mass is 9.96. The Morgan fingerprint density at radius 3 is 2.58 bits per heavy atom. The number of thiazole rings is 1. The van der Waals surface area contributed by atoms with E-state index in [1.54, 1.807) is 6.20 Å². The SMILES string of the molecule is CCC(C)[C@H](N)C(=O)N[C@H](Cc1cccc2ccccc12)C(=O)NCc1cnc(N)s1. The summed E-state index contributed by atoms with van der Waals surface area (Å²) in [6.45, 7) is 4.21. The van der Waals surface area contributed by atoms with Crippen LogP contribution in [0.2, 0.25) is 0 Å². The van der Waals surface area contributed by atoms with Gasteiger partial charge in [0.2, 0.25) is 11.8 Å². The van der Waals surface area contributed by atoms with E-state index >= 15 is 0 Å². The van der Waals surface area contributed by atoms with E-state index in [0.29, 0.717) is 18.1 Å². The van der Waals surface area contributed by atoms with Gasteiger partial charge < -0.3 is 22.1 Å². The van der Waals surface area contributed by atoms with Crippen LogP contribution in [0.1, 0.15) is 30.7 Å². The quantitative estimate of drug-likeness (QED) is 0.408. The number of nitrogens with two attached hydrogens (primary N) is 2. The van der Waals surface area contributed by atoms with Gasteiger partial charge in [0.25, 0.3) is 0 Å². The summed E-state index contributed by atoms with van der Waals surface area (Å²) in [4.78, 5) is 30.6. The summed E-state index contributed by atoms with van der Waals surface area (Å²) in [6, 6.07) is 12.5. The maximum atomic E-state index is 13.0. The standard InChI is InChI=1S/C23H29N5O2S/c1-3-14(2)20(24)22(30)28-19(21(29)26-12-17-13-27-23(25)31-17)11-16-9-6-8-15-7-4-5-10-18(15)16/h4-10,13-14,19-20H,3,11-12,24H2,1-2H3,(H2,25,27)(H,26,29)(H,28,30)/t14?,19-,20+/m1/s1. The third kappa shape index (κ3) is 5.80. The maximum Gasteiger partial charge on any atom is 0.243 e. The van der Waals surface area contributed by atoms with Crippen molar-refractivity contribution < 1.29 is 9.59 Å². The lowest BCUT2D eigenvalue weighted by molar-refractivity contribution is -0.130. The number of hydrogen-bond donors (Lipinski definition) is 4. The first-order chi connectivity index (χ1) is 14.9. The summed E-state index contributed by atoms with van der Waals surface area (Å²) in [6.07, 6.45) is 2.77. The van der Waals surface area contributed by atoms with Crippen LogP contribution < -0.4 is 22.1 Å². The minimum Gasteiger partial charge on any atom is -0.375 e. The first-order valence-electron chi connectivity index (χ1n) is 10.4. The zero-order valence-corrected chi connectivity index (χ0v) is 18.6. The minimum absolute atomic E-state index is 0.0152. The molecule has 3 aromatic rings. The van der Waals surface area contributed by atoms with Gasteiger partial charge in [0.05, 0.1) is 12.6 Å². The normalized spacial score (nSPS) is 14.0. The number of benzene rings is 2. The molecule has 3 atom stereocenters. The van der Waals surface area contributed by atoms with Gasteiger partial charge in [0.15, 0.2) is 5.13 Å². The molecular weight excluding hydrogens is 410 g/mol. The molecule has 1 aromatic heterocycles. The average Bonchev–Trinajstić information content (AvgIpc) is 3.21. The molecule has 3 rings (SSSR count). The predicted octanol–water partition coefficient (Wildman–Crippen LogP) is 2.60. The lowest BCUT2D eigenvalue weighted by Gasteiger charge is -2.23. The molecule has 2 amide bonds. The van der Waals surface area contributed by atoms with Gasteiger partial charge >= 0.3 is 0 Å². The zero-order valence-electron chi connectivity index (χ0n) is 17.8. The highest BCUT2D eigenvalue weighted by Crippen LogP contribution is 2.20. The van der Waals surface area contributed by atoms with E-state index in [2.05, 4.69) is 15.6 Å². The molecule has 2 aromatic carbocycles. The van der Waals surface area contributed by atoms with E-state index < -0.39 is 12.1 Å². The predicted molar refractivity (Wildman–Crippen MR) is 125 cm³/mol. The monoisotopic (exact) mass is 439 g/mol. The van der Waals surface area contributed by atoms with Gasteiger partial charge in [-0.05, 0) is 22.3 Å². The van der Waals surface area contributed by atoms with Gasteiger partial charge in [0, 0.05) is 17.5 Å². The third-order valence-electron chi connectivity index (χ3n) is 5.50. The number of hydrogen-bond acceptors (Lipinski definition) is 6. The fourth-order valence-corrected chi connectivity index (χ4v) is 4.01. The summed E-state index contributed by atoms with van der Waals surface area (Å²) in [5.41, 5.74) is 12.8. The molecule has 0 aliphatic rings. The summed E-state index contributed by atoms with van der Waals surface area (Å²) in [5, 5.41) is 8.35. The van der Waals surface area contributed by atoms with Gasteiger partial charge in [-0.3, -0.25) is 9.59 Å². The van der Waals surface area contributed by atoms with Crippen LogP contribution >= 0.6 is 11.3 Å². The van der Waals surface area contributed by atoms with E-state index in [4.69, 9.17) is 11.5 Å². The van der Waals surface area contributed by atoms with E-state index in [-0.39, 0.29) is 17.7 Å². The van der Waals surface area contributed by atoms with Crippen LogP contribution in [-0.2, 0) is 22.6 Å². The van der Waals surface area contributed by atoms with Gasteiger partial charge in [-0.25, -0.2) is 4.98 Å². The van der Waals surface area contributed by atoms with Crippen molar-refractivity contribution in [2.45, 2.75) is 45.3 Å². The number of nitrogens with one attached hydrogen (secondary N) is 2. The zero-order chi connectivity index (χ0) is 22.4. The third-order valence-corrected chi connectivity index (χ3v) is 6.33. The summed E-state index contributed by atoms with van der Waals surface area (Å²) in [7, 11) is 0. The van der Waals surface area contributed by atoms with Crippen LogP contribution in [0.4, 0.5) is 5.13 Å². The Morgan fingerprint density at radius 1 is 1.13 bits per heavy atom. The number of rotatable bonds is 9. The molecule has 0 fully saturated rings. The fraction of sp³-hybridized carbons (Fsp3) is 0.348. The number of aromatic nitrogens is 1. The Morgan fingerprint density at radius 2 is 1.87 bits per heavy atom. The van der Waals surface area contributed by atoms with Crippen LogP contribution in [0.5, 0.6) is 0 Å². The minimum atomic E-state index is -0.751. The highest BCUT2D eigenvalue weighted by Gasteiger charge is 2.26. The van der Waals surface area contributed by atoms with Crippen LogP contribution in [0.15, 0.2) is 48.7 Å². The van der Waals surface area contributed by atoms with Crippen molar-refractivity contribution in [1.29, 1.82) is 0 Å². The van der Waals surface area contributed by atoms with E-state index in [1.165, 1.54) is 11.3 Å². The smallest absolute Gasteiger partial charge is 0.243 e. The molecule has 0 aliphatic carbocycles. The topological polar surface area (TPSA) is 123 Å². The molecule has 0 saturated carbocycles. The Hall–Kier alpha value is -2.97. The molecule has 164 valence electrons. The number of amides is 2. The molecule has 0 saturated heterocycles. The second-order valence-corrected chi connectivity index (χ2v) is 8.84. The molecule has 0 radical (unpaired) electrons. The average molecular weight is 440 g/mol. The lowest BCUT2D eigenvalue weighted by Crippen LogP contribution is -2.53. The molecule has 0 aliphatic heterocycles. The molecular formula is C23H29N5O2S. The summed E-state index contributed by atoms with van der Waals surface area (Å²) < 4.78 is 0. The van der Waals surface area contributed by atoms with Crippen LogP contribution in [0, 0.1) is 5.92 Å². The molecule has 1 unspecified atom stereocenters. The molecule has 1 heterocycles. The van der Waals surface area contributed by atoms with Crippen molar-refractivity contribution in [3.8, 4) is 0 Å². The Balaban J connectivity index is 1.80. The van der Waals surface area contributed by atoms with Crippen molar-refractivity contribution in [3.05, 3.63) is 59.1 Å². The first kappa shape index (κ1) is 22.7. The number of nitrogen functional groups attached to an aromatic ring is 1. The first-order valence-corrected chi connectivity index (χ1v) is 11.2. The van der Waals surface area contributed by atoms with Gasteiger partial charge in [-0.2, -0.15) is 0 Å². The van der Waals surface area contributed by atoms with Gasteiger partial charge in [-0.1, -0.05) is 62.7 Å². The van der Waals surface area contributed by atoms with E-state index in [9.17, 15) is 9.59 Å². The Kier molecular flexibility index (Phi) is 7.59. The maximum absolute atomic E-state index is 13.0. The van der Waals surface area contributed by atoms with Crippen LogP contribution in [-0.4, -0.2) is 28.9 Å². The number of carbonyl (C=O) groups is 2. The van der Waals surface area contributed by atoms with Crippen LogP contribution in [0.3, 0.4) is 0 Å². The number of carbonyl (C=O) groups excluding carboxylic acids is 2. The molecule has 0 spiro atoms. The molecule has 0 bridgehead atoms. The molecule has 6 N–H and O–H groups in total. The van der Waals surface area contributed by atoms with Crippen molar-refractivity contribution in [2.75, 3.05) is 5.73 Å². The van der Waals surface area contributed by atoms with Crippen molar-refractivity contribution in [1.82, 2.24) is 15.6 Å². The van der Waals surface area contributed by atoms with Gasteiger partial charge in [0.1, 0.15) is 6.04 Å². The number of anilines is 1. The highest BCUT2D eigenvalue weighted by molar-refractivity contribution is 7.15. The largest absolute Gasteiger partial charge is 0.375 e.